The van der Waals surface area contributed by atoms with Crippen molar-refractivity contribution in [1.82, 2.24) is 9.73 Å². The van der Waals surface area contributed by atoms with Gasteiger partial charge in [0.15, 0.2) is 0 Å². The number of rotatable bonds is 7. The van der Waals surface area contributed by atoms with Gasteiger partial charge in [-0.3, -0.25) is 4.90 Å². The molecule has 6 heteroatoms. The molecule has 0 saturated carbocycles. The van der Waals surface area contributed by atoms with Gasteiger partial charge < -0.3 is 0 Å². The van der Waals surface area contributed by atoms with Crippen LogP contribution in [0.15, 0.2) is 94.9 Å². The lowest BCUT2D eigenvalue weighted by atomic mass is 10.0. The van der Waals surface area contributed by atoms with E-state index in [1.54, 1.807) is 24.3 Å². The SMILES string of the molecule is Cc1ccc(S(=O)(=O)N/N=C(/c2ccccc2)[C@@H]2[C@H](c3ccccc3)N2C(C)C)cc1. The van der Waals surface area contributed by atoms with Gasteiger partial charge in [0, 0.05) is 6.04 Å². The van der Waals surface area contributed by atoms with Crippen LogP contribution in [0.4, 0.5) is 0 Å². The third-order valence-electron chi connectivity index (χ3n) is 5.56. The molecule has 1 saturated heterocycles. The van der Waals surface area contributed by atoms with E-state index < -0.39 is 10.0 Å². The highest BCUT2D eigenvalue weighted by molar-refractivity contribution is 7.89. The average molecular weight is 434 g/mol. The molecule has 5 nitrogen and oxygen atoms in total. The molecule has 4 rings (SSSR count). The van der Waals surface area contributed by atoms with E-state index in [2.05, 4.69) is 40.8 Å². The number of aryl methyl sites for hydroxylation is 1. The minimum absolute atomic E-state index is 0.00878. The predicted octanol–water partition coefficient (Wildman–Crippen LogP) is 4.51. The fraction of sp³-hybridized carbons (Fsp3) is 0.240. The Morgan fingerprint density at radius 3 is 2.06 bits per heavy atom. The summed E-state index contributed by atoms with van der Waals surface area (Å²) < 4.78 is 25.7. The van der Waals surface area contributed by atoms with Crippen LogP contribution in [0, 0.1) is 6.92 Å². The number of nitrogens with zero attached hydrogens (tertiary/aromatic N) is 2. The van der Waals surface area contributed by atoms with Crippen LogP contribution in [0.3, 0.4) is 0 Å². The normalized spacial score (nSPS) is 21.2. The van der Waals surface area contributed by atoms with Crippen LogP contribution in [0.2, 0.25) is 0 Å². The van der Waals surface area contributed by atoms with E-state index in [1.807, 2.05) is 55.5 Å². The van der Waals surface area contributed by atoms with Crippen molar-refractivity contribution in [2.75, 3.05) is 0 Å². The van der Waals surface area contributed by atoms with Crippen molar-refractivity contribution in [3.63, 3.8) is 0 Å². The topological polar surface area (TPSA) is 61.5 Å². The quantitative estimate of drug-likeness (QED) is 0.339. The summed E-state index contributed by atoms with van der Waals surface area (Å²) in [6.07, 6.45) is 0. The van der Waals surface area contributed by atoms with E-state index in [4.69, 9.17) is 0 Å². The van der Waals surface area contributed by atoms with Crippen LogP contribution in [0.5, 0.6) is 0 Å². The Balaban J connectivity index is 1.71. The first-order valence-electron chi connectivity index (χ1n) is 10.4. The monoisotopic (exact) mass is 433 g/mol. The number of hydrazone groups is 1. The lowest BCUT2D eigenvalue weighted by Crippen LogP contribution is -2.25. The highest BCUT2D eigenvalue weighted by atomic mass is 32.2. The Bertz CT molecular complexity index is 1160. The summed E-state index contributed by atoms with van der Waals surface area (Å²) in [7, 11) is -3.76. The molecule has 3 aromatic carbocycles. The van der Waals surface area contributed by atoms with Gasteiger partial charge in [-0.1, -0.05) is 78.4 Å². The Kier molecular flexibility index (Phi) is 5.94. The molecule has 1 heterocycles. The minimum atomic E-state index is -3.76. The van der Waals surface area contributed by atoms with E-state index >= 15 is 0 Å². The van der Waals surface area contributed by atoms with E-state index in [-0.39, 0.29) is 23.0 Å². The second-order valence-electron chi connectivity index (χ2n) is 8.11. The van der Waals surface area contributed by atoms with Gasteiger partial charge in [-0.05, 0) is 44.0 Å². The van der Waals surface area contributed by atoms with Crippen LogP contribution in [0.1, 0.15) is 36.6 Å². The largest absolute Gasteiger partial charge is 0.282 e. The smallest absolute Gasteiger partial charge is 0.276 e. The number of hydrogen-bond donors (Lipinski definition) is 1. The molecule has 1 aliphatic rings. The van der Waals surface area contributed by atoms with Crippen LogP contribution >= 0.6 is 0 Å². The van der Waals surface area contributed by atoms with Crippen LogP contribution in [0.25, 0.3) is 0 Å². The zero-order valence-electron chi connectivity index (χ0n) is 17.9. The number of nitrogens with one attached hydrogen (secondary N) is 1. The zero-order valence-corrected chi connectivity index (χ0v) is 18.8. The highest BCUT2D eigenvalue weighted by Gasteiger charge is 2.53. The predicted molar refractivity (Wildman–Crippen MR) is 124 cm³/mol. The van der Waals surface area contributed by atoms with Crippen LogP contribution in [-0.4, -0.2) is 31.1 Å². The van der Waals surface area contributed by atoms with E-state index in [9.17, 15) is 8.42 Å². The first kappa shape index (κ1) is 21.3. The Morgan fingerprint density at radius 2 is 1.48 bits per heavy atom. The average Bonchev–Trinajstić information content (AvgIpc) is 3.51. The van der Waals surface area contributed by atoms with Crippen molar-refractivity contribution in [1.29, 1.82) is 0 Å². The second kappa shape index (κ2) is 8.65. The maximum atomic E-state index is 12.9. The molecule has 0 bridgehead atoms. The molecule has 160 valence electrons. The molecule has 0 spiro atoms. The van der Waals surface area contributed by atoms with Gasteiger partial charge in [-0.2, -0.15) is 18.4 Å². The maximum Gasteiger partial charge on any atom is 0.276 e. The highest BCUT2D eigenvalue weighted by Crippen LogP contribution is 2.46. The van der Waals surface area contributed by atoms with Gasteiger partial charge in [-0.15, -0.1) is 0 Å². The van der Waals surface area contributed by atoms with Crippen LogP contribution < -0.4 is 4.83 Å². The molecular formula is C25H27N3O2S. The van der Waals surface area contributed by atoms with Gasteiger partial charge in [0.25, 0.3) is 10.0 Å². The molecule has 0 aliphatic carbocycles. The third kappa shape index (κ3) is 4.55. The molecule has 0 amide bonds. The summed E-state index contributed by atoms with van der Waals surface area (Å²) in [6.45, 7) is 6.22. The van der Waals surface area contributed by atoms with Gasteiger partial charge in [0.05, 0.1) is 22.7 Å². The van der Waals surface area contributed by atoms with Gasteiger partial charge in [-0.25, -0.2) is 0 Å². The summed E-state index contributed by atoms with van der Waals surface area (Å²) in [6, 6.07) is 27.2. The summed E-state index contributed by atoms with van der Waals surface area (Å²) in [5.74, 6) is 0. The minimum Gasteiger partial charge on any atom is -0.282 e. The molecule has 1 N–H and O–H groups in total. The molecule has 31 heavy (non-hydrogen) atoms. The van der Waals surface area contributed by atoms with Gasteiger partial charge in [0.1, 0.15) is 0 Å². The summed E-state index contributed by atoms with van der Waals surface area (Å²) in [5, 5.41) is 4.47. The first-order chi connectivity index (χ1) is 14.9. The maximum absolute atomic E-state index is 12.9. The molecule has 0 aromatic heterocycles. The van der Waals surface area contributed by atoms with E-state index in [1.165, 1.54) is 5.56 Å². The van der Waals surface area contributed by atoms with Crippen molar-refractivity contribution >= 4 is 15.7 Å². The summed E-state index contributed by atoms with van der Waals surface area (Å²) in [4.78, 5) is 5.03. The number of benzene rings is 3. The fourth-order valence-corrected chi connectivity index (χ4v) is 4.79. The molecular weight excluding hydrogens is 406 g/mol. The summed E-state index contributed by atoms with van der Waals surface area (Å²) >= 11 is 0. The van der Waals surface area contributed by atoms with Crippen molar-refractivity contribution < 1.29 is 8.42 Å². The molecule has 1 fully saturated rings. The second-order valence-corrected chi connectivity index (χ2v) is 9.77. The first-order valence-corrected chi connectivity index (χ1v) is 11.9. The number of hydrogen-bond acceptors (Lipinski definition) is 4. The Hall–Kier alpha value is -2.96. The molecule has 3 aromatic rings. The van der Waals surface area contributed by atoms with Gasteiger partial charge in [0.2, 0.25) is 0 Å². The van der Waals surface area contributed by atoms with Crippen molar-refractivity contribution in [3.8, 4) is 0 Å². The van der Waals surface area contributed by atoms with E-state index in [0.29, 0.717) is 0 Å². The fourth-order valence-electron chi connectivity index (χ4n) is 3.98. The molecule has 1 unspecified atom stereocenters. The lowest BCUT2D eigenvalue weighted by molar-refractivity contribution is 0.415. The van der Waals surface area contributed by atoms with Crippen molar-refractivity contribution in [3.05, 3.63) is 102 Å². The molecule has 3 atom stereocenters. The third-order valence-corrected chi connectivity index (χ3v) is 6.78. The zero-order chi connectivity index (χ0) is 22.0. The van der Waals surface area contributed by atoms with Crippen LogP contribution in [-0.2, 0) is 10.0 Å². The summed E-state index contributed by atoms with van der Waals surface area (Å²) in [5.41, 5.74) is 3.83. The lowest BCUT2D eigenvalue weighted by Gasteiger charge is -2.11. The molecule has 1 aliphatic heterocycles. The van der Waals surface area contributed by atoms with Gasteiger partial charge >= 0.3 is 0 Å². The Morgan fingerprint density at radius 1 is 0.903 bits per heavy atom. The van der Waals surface area contributed by atoms with Crippen molar-refractivity contribution in [2.45, 2.75) is 43.8 Å². The standard InChI is InChI=1S/C25H27N3O2S/c1-18(2)28-24(21-12-8-5-9-13-21)25(28)23(20-10-6-4-7-11-20)26-27-31(29,30)22-16-14-19(3)15-17-22/h4-18,24-25,27H,1-3H3/b26-23-/t24-,25+,28?/m0/s1. The number of sulfonamides is 1. The van der Waals surface area contributed by atoms with E-state index in [0.717, 1.165) is 16.8 Å². The van der Waals surface area contributed by atoms with Crippen molar-refractivity contribution in [2.24, 2.45) is 5.10 Å². The molecule has 0 radical (unpaired) electrons. The Labute approximate surface area is 184 Å².